The van der Waals surface area contributed by atoms with Crippen molar-refractivity contribution in [1.29, 1.82) is 0 Å². The van der Waals surface area contributed by atoms with E-state index in [1.165, 1.54) is 24.8 Å². The molecule has 17 heavy (non-hydrogen) atoms. The first-order valence-electron chi connectivity index (χ1n) is 6.57. The highest BCUT2D eigenvalue weighted by Gasteiger charge is 2.28. The van der Waals surface area contributed by atoms with Crippen molar-refractivity contribution < 1.29 is 0 Å². The van der Waals surface area contributed by atoms with Crippen LogP contribution in [0.2, 0.25) is 0 Å². The van der Waals surface area contributed by atoms with Crippen LogP contribution in [-0.2, 0) is 6.54 Å². The average molecular weight is 233 g/mol. The second-order valence-corrected chi connectivity index (χ2v) is 5.38. The Kier molecular flexibility index (Phi) is 3.67. The van der Waals surface area contributed by atoms with Gasteiger partial charge in [0.2, 0.25) is 0 Å². The summed E-state index contributed by atoms with van der Waals surface area (Å²) >= 11 is 0. The monoisotopic (exact) mass is 233 g/mol. The lowest BCUT2D eigenvalue weighted by Crippen LogP contribution is -2.38. The summed E-state index contributed by atoms with van der Waals surface area (Å²) in [5, 5.41) is 0. The van der Waals surface area contributed by atoms with Crippen LogP contribution in [0.4, 0.5) is 5.82 Å². The maximum absolute atomic E-state index is 5.67. The fourth-order valence-corrected chi connectivity index (χ4v) is 2.39. The van der Waals surface area contributed by atoms with Crippen molar-refractivity contribution in [1.82, 2.24) is 4.98 Å². The molecule has 0 saturated carbocycles. The van der Waals surface area contributed by atoms with Crippen LogP contribution in [0.3, 0.4) is 0 Å². The van der Waals surface area contributed by atoms with E-state index in [2.05, 4.69) is 29.8 Å². The number of rotatable bonds is 3. The van der Waals surface area contributed by atoms with E-state index in [0.29, 0.717) is 12.0 Å². The summed E-state index contributed by atoms with van der Waals surface area (Å²) in [5.74, 6) is 1.09. The Labute approximate surface area is 104 Å². The summed E-state index contributed by atoms with van der Waals surface area (Å²) < 4.78 is 0. The zero-order chi connectivity index (χ0) is 12.3. The lowest BCUT2D eigenvalue weighted by molar-refractivity contribution is 0.238. The quantitative estimate of drug-likeness (QED) is 0.872. The van der Waals surface area contributed by atoms with Crippen molar-refractivity contribution in [2.24, 2.45) is 11.1 Å². The van der Waals surface area contributed by atoms with Crippen LogP contribution in [0, 0.1) is 5.41 Å². The van der Waals surface area contributed by atoms with Gasteiger partial charge in [-0.2, -0.15) is 0 Å². The predicted molar refractivity (Wildman–Crippen MR) is 72.0 cm³/mol. The van der Waals surface area contributed by atoms with E-state index >= 15 is 0 Å². The Balaban J connectivity index is 2.05. The first-order chi connectivity index (χ1) is 8.17. The standard InChI is InChI=1S/C14H23N3/c1-3-14(2)5-8-17(9-6-14)13-10-12(11-15)4-7-16-13/h4,7,10H,3,5-6,8-9,11,15H2,1-2H3. The molecule has 1 fully saturated rings. The molecular weight excluding hydrogens is 210 g/mol. The maximum atomic E-state index is 5.67. The molecule has 2 rings (SSSR count). The van der Waals surface area contributed by atoms with E-state index in [0.717, 1.165) is 18.9 Å². The van der Waals surface area contributed by atoms with Gasteiger partial charge in [-0.05, 0) is 36.0 Å². The molecule has 0 bridgehead atoms. The normalized spacial score (nSPS) is 19.4. The number of pyridine rings is 1. The van der Waals surface area contributed by atoms with Crippen molar-refractivity contribution in [2.45, 2.75) is 39.7 Å². The van der Waals surface area contributed by atoms with Gasteiger partial charge in [-0.25, -0.2) is 4.98 Å². The summed E-state index contributed by atoms with van der Waals surface area (Å²) in [4.78, 5) is 6.84. The Morgan fingerprint density at radius 3 is 2.71 bits per heavy atom. The van der Waals surface area contributed by atoms with Crippen LogP contribution < -0.4 is 10.6 Å². The maximum Gasteiger partial charge on any atom is 0.128 e. The molecule has 2 N–H and O–H groups in total. The van der Waals surface area contributed by atoms with Gasteiger partial charge in [0.1, 0.15) is 5.82 Å². The Morgan fingerprint density at radius 2 is 2.12 bits per heavy atom. The smallest absolute Gasteiger partial charge is 0.128 e. The number of piperidine rings is 1. The number of aromatic nitrogens is 1. The first-order valence-corrected chi connectivity index (χ1v) is 6.57. The molecule has 0 unspecified atom stereocenters. The first kappa shape index (κ1) is 12.4. The summed E-state index contributed by atoms with van der Waals surface area (Å²) in [7, 11) is 0. The van der Waals surface area contributed by atoms with Crippen LogP contribution in [0.15, 0.2) is 18.3 Å². The summed E-state index contributed by atoms with van der Waals surface area (Å²) in [5.41, 5.74) is 7.36. The molecule has 1 aliphatic heterocycles. The van der Waals surface area contributed by atoms with Crippen LogP contribution in [-0.4, -0.2) is 18.1 Å². The molecule has 1 aromatic rings. The predicted octanol–water partition coefficient (Wildman–Crippen LogP) is 2.56. The van der Waals surface area contributed by atoms with Crippen molar-refractivity contribution in [3.05, 3.63) is 23.9 Å². The van der Waals surface area contributed by atoms with Crippen LogP contribution in [0.25, 0.3) is 0 Å². The van der Waals surface area contributed by atoms with Gasteiger partial charge in [0.05, 0.1) is 0 Å². The van der Waals surface area contributed by atoms with Gasteiger partial charge >= 0.3 is 0 Å². The van der Waals surface area contributed by atoms with E-state index in [9.17, 15) is 0 Å². The Bertz CT molecular complexity index is 367. The van der Waals surface area contributed by atoms with E-state index < -0.39 is 0 Å². The van der Waals surface area contributed by atoms with Crippen LogP contribution in [0.5, 0.6) is 0 Å². The van der Waals surface area contributed by atoms with Crippen molar-refractivity contribution in [3.63, 3.8) is 0 Å². The number of hydrogen-bond donors (Lipinski definition) is 1. The summed E-state index contributed by atoms with van der Waals surface area (Å²) in [6, 6.07) is 4.11. The molecule has 0 atom stereocenters. The molecule has 0 amide bonds. The topological polar surface area (TPSA) is 42.1 Å². The molecule has 0 radical (unpaired) electrons. The van der Waals surface area contributed by atoms with Gasteiger partial charge in [0, 0.05) is 25.8 Å². The van der Waals surface area contributed by atoms with Gasteiger partial charge in [-0.3, -0.25) is 0 Å². The third-order valence-corrected chi connectivity index (χ3v) is 4.19. The number of nitrogens with zero attached hydrogens (tertiary/aromatic N) is 2. The molecule has 3 heteroatoms. The minimum absolute atomic E-state index is 0.530. The molecule has 3 nitrogen and oxygen atoms in total. The fraction of sp³-hybridized carbons (Fsp3) is 0.643. The Morgan fingerprint density at radius 1 is 1.41 bits per heavy atom. The molecule has 1 aromatic heterocycles. The van der Waals surface area contributed by atoms with Crippen LogP contribution in [0.1, 0.15) is 38.7 Å². The zero-order valence-corrected chi connectivity index (χ0v) is 10.9. The van der Waals surface area contributed by atoms with Gasteiger partial charge in [0.15, 0.2) is 0 Å². The second kappa shape index (κ2) is 5.05. The summed E-state index contributed by atoms with van der Waals surface area (Å²) in [6.45, 7) is 7.52. The lowest BCUT2D eigenvalue weighted by atomic mass is 9.78. The molecule has 0 spiro atoms. The van der Waals surface area contributed by atoms with Gasteiger partial charge < -0.3 is 10.6 Å². The van der Waals surface area contributed by atoms with Gasteiger partial charge in [-0.15, -0.1) is 0 Å². The highest BCUT2D eigenvalue weighted by Crippen LogP contribution is 2.35. The molecule has 0 aliphatic carbocycles. The third kappa shape index (κ3) is 2.78. The van der Waals surface area contributed by atoms with Crippen molar-refractivity contribution in [2.75, 3.05) is 18.0 Å². The molecule has 94 valence electrons. The largest absolute Gasteiger partial charge is 0.357 e. The minimum Gasteiger partial charge on any atom is -0.357 e. The van der Waals surface area contributed by atoms with Crippen molar-refractivity contribution >= 4 is 5.82 Å². The molecule has 1 aliphatic rings. The molecule has 1 saturated heterocycles. The Hall–Kier alpha value is -1.09. The van der Waals surface area contributed by atoms with Gasteiger partial charge in [-0.1, -0.05) is 20.3 Å². The number of nitrogens with two attached hydrogens (primary N) is 1. The SMILES string of the molecule is CCC1(C)CCN(c2cc(CN)ccn2)CC1. The van der Waals surface area contributed by atoms with E-state index in [-0.39, 0.29) is 0 Å². The zero-order valence-electron chi connectivity index (χ0n) is 10.9. The minimum atomic E-state index is 0.530. The van der Waals surface area contributed by atoms with E-state index in [1.807, 2.05) is 12.3 Å². The third-order valence-electron chi connectivity index (χ3n) is 4.19. The van der Waals surface area contributed by atoms with Gasteiger partial charge in [0.25, 0.3) is 0 Å². The highest BCUT2D eigenvalue weighted by molar-refractivity contribution is 5.41. The number of hydrogen-bond acceptors (Lipinski definition) is 3. The highest BCUT2D eigenvalue weighted by atomic mass is 15.2. The lowest BCUT2D eigenvalue weighted by Gasteiger charge is -2.39. The average Bonchev–Trinajstić information content (AvgIpc) is 2.40. The second-order valence-electron chi connectivity index (χ2n) is 5.38. The van der Waals surface area contributed by atoms with E-state index in [4.69, 9.17) is 5.73 Å². The molecular formula is C14H23N3. The molecule has 0 aromatic carbocycles. The number of anilines is 1. The van der Waals surface area contributed by atoms with E-state index in [1.54, 1.807) is 0 Å². The van der Waals surface area contributed by atoms with Crippen molar-refractivity contribution in [3.8, 4) is 0 Å². The summed E-state index contributed by atoms with van der Waals surface area (Å²) in [6.07, 6.45) is 5.67. The van der Waals surface area contributed by atoms with Crippen LogP contribution >= 0.6 is 0 Å². The molecule has 2 heterocycles. The fourth-order valence-electron chi connectivity index (χ4n) is 2.39.